The predicted molar refractivity (Wildman–Crippen MR) is 104 cm³/mol. The van der Waals surface area contributed by atoms with E-state index in [1.54, 1.807) is 25.3 Å². The molecule has 3 aromatic rings. The van der Waals surface area contributed by atoms with Crippen LogP contribution in [-0.4, -0.2) is 24.7 Å². The number of rotatable bonds is 5. The van der Waals surface area contributed by atoms with Gasteiger partial charge in [0, 0.05) is 6.54 Å². The first-order chi connectivity index (χ1) is 12.6. The molecular formula is C20H22N2O3S. The Kier molecular flexibility index (Phi) is 5.42. The molecule has 1 heterocycles. The first kappa shape index (κ1) is 18.2. The summed E-state index contributed by atoms with van der Waals surface area (Å²) in [6.07, 6.45) is 0.936. The van der Waals surface area contributed by atoms with E-state index in [0.29, 0.717) is 21.9 Å². The molecule has 3 rings (SSSR count). The highest BCUT2D eigenvalue weighted by molar-refractivity contribution is 7.16. The summed E-state index contributed by atoms with van der Waals surface area (Å²) < 4.78 is 13.9. The molecule has 0 radical (unpaired) electrons. The molecule has 0 unspecified atom stereocenters. The van der Waals surface area contributed by atoms with Crippen molar-refractivity contribution in [3.63, 3.8) is 0 Å². The van der Waals surface area contributed by atoms with Crippen LogP contribution in [0.2, 0.25) is 0 Å². The Hall–Kier alpha value is -2.60. The van der Waals surface area contributed by atoms with Crippen molar-refractivity contribution in [3.8, 4) is 11.5 Å². The number of carbonyl (C=O) groups is 1. The molecule has 0 aliphatic rings. The minimum absolute atomic E-state index is 0.340. The molecule has 0 aliphatic heterocycles. The lowest BCUT2D eigenvalue weighted by atomic mass is 10.1. The number of aromatic nitrogens is 1. The van der Waals surface area contributed by atoms with E-state index in [1.165, 1.54) is 24.0 Å². The van der Waals surface area contributed by atoms with Gasteiger partial charge in [-0.15, -0.1) is 0 Å². The summed E-state index contributed by atoms with van der Waals surface area (Å²) in [7, 11) is 3.07. The van der Waals surface area contributed by atoms with E-state index in [1.807, 2.05) is 6.07 Å². The number of methoxy groups -OCH3 is 2. The molecule has 26 heavy (non-hydrogen) atoms. The maximum Gasteiger partial charge on any atom is 0.283 e. The van der Waals surface area contributed by atoms with Crippen molar-refractivity contribution in [1.82, 2.24) is 4.57 Å². The van der Waals surface area contributed by atoms with Gasteiger partial charge in [-0.05, 0) is 37.1 Å². The van der Waals surface area contributed by atoms with Crippen LogP contribution < -0.4 is 14.3 Å². The smallest absolute Gasteiger partial charge is 0.283 e. The Morgan fingerprint density at radius 3 is 2.54 bits per heavy atom. The molecule has 0 spiro atoms. The largest absolute Gasteiger partial charge is 0.493 e. The average molecular weight is 370 g/mol. The molecule has 6 heteroatoms. The minimum atomic E-state index is -0.340. The molecule has 0 saturated carbocycles. The van der Waals surface area contributed by atoms with Crippen LogP contribution in [0.25, 0.3) is 10.2 Å². The number of benzene rings is 2. The first-order valence-corrected chi connectivity index (χ1v) is 9.37. The van der Waals surface area contributed by atoms with Crippen molar-refractivity contribution < 1.29 is 14.3 Å². The zero-order valence-corrected chi connectivity index (χ0v) is 16.2. The van der Waals surface area contributed by atoms with Crippen LogP contribution in [0.3, 0.4) is 0 Å². The lowest BCUT2D eigenvalue weighted by Crippen LogP contribution is -2.16. The van der Waals surface area contributed by atoms with Crippen molar-refractivity contribution in [2.75, 3.05) is 14.2 Å². The molecule has 0 fully saturated rings. The van der Waals surface area contributed by atoms with Gasteiger partial charge in [-0.25, -0.2) is 0 Å². The number of para-hydroxylation sites is 2. The number of thiazole rings is 1. The molecule has 0 N–H and O–H groups in total. The second kappa shape index (κ2) is 7.74. The number of aryl methyl sites for hydroxylation is 2. The van der Waals surface area contributed by atoms with Gasteiger partial charge >= 0.3 is 0 Å². The van der Waals surface area contributed by atoms with Gasteiger partial charge in [-0.1, -0.05) is 36.5 Å². The Balaban J connectivity index is 2.18. The molecule has 136 valence electrons. The Morgan fingerprint density at radius 2 is 1.88 bits per heavy atom. The number of ether oxygens (including phenoxy) is 2. The van der Waals surface area contributed by atoms with Crippen molar-refractivity contribution in [3.05, 3.63) is 52.3 Å². The van der Waals surface area contributed by atoms with Crippen LogP contribution in [0.4, 0.5) is 0 Å². The van der Waals surface area contributed by atoms with Crippen LogP contribution >= 0.6 is 11.3 Å². The van der Waals surface area contributed by atoms with Gasteiger partial charge in [0.15, 0.2) is 16.3 Å². The Morgan fingerprint density at radius 1 is 1.12 bits per heavy atom. The summed E-state index contributed by atoms with van der Waals surface area (Å²) in [5.41, 5.74) is 2.81. The van der Waals surface area contributed by atoms with Crippen molar-refractivity contribution in [2.24, 2.45) is 4.99 Å². The molecule has 0 bridgehead atoms. The van der Waals surface area contributed by atoms with E-state index in [9.17, 15) is 4.79 Å². The molecule has 0 aliphatic carbocycles. The zero-order valence-electron chi connectivity index (χ0n) is 15.4. The summed E-state index contributed by atoms with van der Waals surface area (Å²) in [6, 6.07) is 11.5. The van der Waals surface area contributed by atoms with Gasteiger partial charge in [0.05, 0.1) is 30.0 Å². The molecule has 5 nitrogen and oxygen atoms in total. The second-order valence-corrected chi connectivity index (χ2v) is 6.71. The van der Waals surface area contributed by atoms with E-state index < -0.39 is 0 Å². The standard InChI is InChI=1S/C20H22N2O3S/c1-5-13-9-7-12-16-17(13)22(6-2)20(26-16)21-19(23)14-10-8-11-15(24-3)18(14)25-4/h7-12H,5-6H2,1-4H3. The number of carbonyl (C=O) groups excluding carboxylic acids is 1. The van der Waals surface area contributed by atoms with E-state index in [0.717, 1.165) is 23.2 Å². The van der Waals surface area contributed by atoms with Crippen molar-refractivity contribution in [1.29, 1.82) is 0 Å². The number of amides is 1. The minimum Gasteiger partial charge on any atom is -0.493 e. The van der Waals surface area contributed by atoms with Crippen molar-refractivity contribution in [2.45, 2.75) is 26.8 Å². The fourth-order valence-electron chi connectivity index (χ4n) is 3.07. The van der Waals surface area contributed by atoms with Crippen LogP contribution in [0.5, 0.6) is 11.5 Å². The van der Waals surface area contributed by atoms with Crippen LogP contribution in [0.15, 0.2) is 41.4 Å². The number of hydrogen-bond donors (Lipinski definition) is 0. The quantitative estimate of drug-likeness (QED) is 0.681. The van der Waals surface area contributed by atoms with E-state index in [4.69, 9.17) is 9.47 Å². The number of hydrogen-bond acceptors (Lipinski definition) is 4. The van der Waals surface area contributed by atoms with E-state index in [-0.39, 0.29) is 5.91 Å². The van der Waals surface area contributed by atoms with Gasteiger partial charge in [-0.2, -0.15) is 4.99 Å². The number of fused-ring (bicyclic) bond motifs is 1. The highest BCUT2D eigenvalue weighted by Gasteiger charge is 2.17. The lowest BCUT2D eigenvalue weighted by molar-refractivity contribution is 0.0994. The molecule has 0 atom stereocenters. The van der Waals surface area contributed by atoms with E-state index in [2.05, 4.69) is 35.5 Å². The van der Waals surface area contributed by atoms with Crippen LogP contribution in [-0.2, 0) is 13.0 Å². The van der Waals surface area contributed by atoms with Gasteiger partial charge in [0.1, 0.15) is 0 Å². The van der Waals surface area contributed by atoms with Crippen LogP contribution in [0, 0.1) is 0 Å². The second-order valence-electron chi connectivity index (χ2n) is 5.70. The molecular weight excluding hydrogens is 348 g/mol. The SMILES string of the molecule is CCc1cccc2sc(=NC(=O)c3cccc(OC)c3OC)n(CC)c12. The van der Waals surface area contributed by atoms with Gasteiger partial charge in [0.25, 0.3) is 5.91 Å². The highest BCUT2D eigenvalue weighted by Crippen LogP contribution is 2.31. The van der Waals surface area contributed by atoms with E-state index >= 15 is 0 Å². The Bertz CT molecular complexity index is 1020. The van der Waals surface area contributed by atoms with Gasteiger partial charge in [0.2, 0.25) is 0 Å². The lowest BCUT2D eigenvalue weighted by Gasteiger charge is -2.10. The first-order valence-electron chi connectivity index (χ1n) is 8.55. The summed E-state index contributed by atoms with van der Waals surface area (Å²) in [5.74, 6) is 0.580. The highest BCUT2D eigenvalue weighted by atomic mass is 32.1. The summed E-state index contributed by atoms with van der Waals surface area (Å²) >= 11 is 1.53. The summed E-state index contributed by atoms with van der Waals surface area (Å²) in [4.78, 5) is 17.9. The monoisotopic (exact) mass is 370 g/mol. The average Bonchev–Trinajstić information content (AvgIpc) is 3.03. The third-order valence-corrected chi connectivity index (χ3v) is 5.36. The maximum absolute atomic E-state index is 12.9. The normalized spacial score (nSPS) is 11.8. The maximum atomic E-state index is 12.9. The fourth-order valence-corrected chi connectivity index (χ4v) is 4.21. The molecule has 2 aromatic carbocycles. The topological polar surface area (TPSA) is 52.8 Å². The fraction of sp³-hybridized carbons (Fsp3) is 0.300. The van der Waals surface area contributed by atoms with Crippen molar-refractivity contribution >= 4 is 27.5 Å². The zero-order chi connectivity index (χ0) is 18.7. The number of nitrogens with zero attached hydrogens (tertiary/aromatic N) is 2. The third kappa shape index (κ3) is 3.12. The van der Waals surface area contributed by atoms with Gasteiger partial charge < -0.3 is 14.0 Å². The summed E-state index contributed by atoms with van der Waals surface area (Å²) in [5, 5.41) is 0. The van der Waals surface area contributed by atoms with Crippen LogP contribution in [0.1, 0.15) is 29.8 Å². The van der Waals surface area contributed by atoms with Gasteiger partial charge in [-0.3, -0.25) is 4.79 Å². The third-order valence-electron chi connectivity index (χ3n) is 4.31. The Labute approximate surface area is 156 Å². The summed E-state index contributed by atoms with van der Waals surface area (Å²) in [6.45, 7) is 4.95. The predicted octanol–water partition coefficient (Wildman–Crippen LogP) is 4.04. The molecule has 1 amide bonds. The molecule has 1 aromatic heterocycles. The molecule has 0 saturated heterocycles.